The van der Waals surface area contributed by atoms with Crippen LogP contribution < -0.4 is 0 Å². The van der Waals surface area contributed by atoms with Crippen LogP contribution >= 0.6 is 0 Å². The van der Waals surface area contributed by atoms with Gasteiger partial charge in [0.15, 0.2) is 0 Å². The van der Waals surface area contributed by atoms with Crippen LogP contribution in [0.5, 0.6) is 0 Å². The molecule has 24 heavy (non-hydrogen) atoms. The number of carboxylic acids is 1. The van der Waals surface area contributed by atoms with Crippen molar-refractivity contribution in [1.29, 1.82) is 0 Å². The van der Waals surface area contributed by atoms with Gasteiger partial charge >= 0.3 is 5.97 Å². The van der Waals surface area contributed by atoms with Crippen LogP contribution in [0.2, 0.25) is 0 Å². The standard InChI is InChI=1S/C16H23N5O3/c1-6-20-11(3)14(10(2)18-20)9-19(5)15(22)13-7-17-21(8-13)12(4)16(23)24/h7-8,12H,6,9H2,1-5H3,(H,23,24). The molecule has 0 aliphatic rings. The molecule has 1 N–H and O–H groups in total. The van der Waals surface area contributed by atoms with E-state index in [0.29, 0.717) is 12.1 Å². The quantitative estimate of drug-likeness (QED) is 0.867. The molecule has 0 aliphatic heterocycles. The molecule has 2 rings (SSSR count). The molecule has 0 radical (unpaired) electrons. The monoisotopic (exact) mass is 333 g/mol. The highest BCUT2D eigenvalue weighted by atomic mass is 16.4. The molecule has 8 heteroatoms. The highest BCUT2D eigenvalue weighted by Gasteiger charge is 2.20. The van der Waals surface area contributed by atoms with Crippen molar-refractivity contribution in [3.05, 3.63) is 34.9 Å². The van der Waals surface area contributed by atoms with Gasteiger partial charge in [-0.25, -0.2) is 4.79 Å². The van der Waals surface area contributed by atoms with Gasteiger partial charge in [-0.1, -0.05) is 0 Å². The lowest BCUT2D eigenvalue weighted by molar-refractivity contribution is -0.140. The minimum atomic E-state index is -0.997. The van der Waals surface area contributed by atoms with Crippen molar-refractivity contribution in [2.75, 3.05) is 7.05 Å². The first kappa shape index (κ1) is 17.7. The van der Waals surface area contributed by atoms with Crippen LogP contribution in [0.3, 0.4) is 0 Å². The number of rotatable bonds is 6. The second-order valence-corrected chi connectivity index (χ2v) is 5.85. The van der Waals surface area contributed by atoms with Gasteiger partial charge in [0.25, 0.3) is 5.91 Å². The van der Waals surface area contributed by atoms with E-state index in [9.17, 15) is 9.59 Å². The third kappa shape index (κ3) is 3.32. The largest absolute Gasteiger partial charge is 0.480 e. The third-order valence-corrected chi connectivity index (χ3v) is 4.18. The topological polar surface area (TPSA) is 93.3 Å². The Morgan fingerprint density at radius 3 is 2.58 bits per heavy atom. The maximum absolute atomic E-state index is 12.6. The summed E-state index contributed by atoms with van der Waals surface area (Å²) in [4.78, 5) is 25.1. The highest BCUT2D eigenvalue weighted by molar-refractivity contribution is 5.93. The molecule has 2 aromatic heterocycles. The van der Waals surface area contributed by atoms with Crippen LogP contribution in [0, 0.1) is 13.8 Å². The van der Waals surface area contributed by atoms with Crippen molar-refractivity contribution in [2.24, 2.45) is 0 Å². The molecule has 130 valence electrons. The summed E-state index contributed by atoms with van der Waals surface area (Å²) >= 11 is 0. The minimum Gasteiger partial charge on any atom is -0.480 e. The second kappa shape index (κ2) is 6.86. The fourth-order valence-electron chi connectivity index (χ4n) is 2.57. The van der Waals surface area contributed by atoms with Gasteiger partial charge < -0.3 is 10.0 Å². The number of aromatic nitrogens is 4. The van der Waals surface area contributed by atoms with Crippen LogP contribution in [0.1, 0.15) is 47.2 Å². The number of nitrogens with zero attached hydrogens (tertiary/aromatic N) is 5. The Morgan fingerprint density at radius 2 is 2.04 bits per heavy atom. The lowest BCUT2D eigenvalue weighted by atomic mass is 10.2. The van der Waals surface area contributed by atoms with Gasteiger partial charge in [0, 0.05) is 37.6 Å². The molecule has 0 saturated heterocycles. The molecule has 0 fully saturated rings. The Kier molecular flexibility index (Phi) is 5.06. The predicted octanol–water partition coefficient (Wildman–Crippen LogP) is 1.63. The summed E-state index contributed by atoms with van der Waals surface area (Å²) < 4.78 is 3.19. The Morgan fingerprint density at radius 1 is 1.38 bits per heavy atom. The van der Waals surface area contributed by atoms with E-state index in [1.54, 1.807) is 11.9 Å². The molecule has 0 aliphatic carbocycles. The number of hydrogen-bond acceptors (Lipinski definition) is 4. The summed E-state index contributed by atoms with van der Waals surface area (Å²) in [6.45, 7) is 8.68. The first-order chi connectivity index (χ1) is 11.3. The van der Waals surface area contributed by atoms with Crippen LogP contribution in [0.4, 0.5) is 0 Å². The molecule has 2 heterocycles. The Bertz CT molecular complexity index is 762. The van der Waals surface area contributed by atoms with Crippen molar-refractivity contribution in [1.82, 2.24) is 24.5 Å². The summed E-state index contributed by atoms with van der Waals surface area (Å²) in [6.07, 6.45) is 2.86. The van der Waals surface area contributed by atoms with Gasteiger partial charge in [-0.15, -0.1) is 0 Å². The number of aliphatic carboxylic acids is 1. The van der Waals surface area contributed by atoms with Crippen molar-refractivity contribution in [2.45, 2.75) is 46.8 Å². The average molecular weight is 333 g/mol. The zero-order valence-electron chi connectivity index (χ0n) is 14.6. The second-order valence-electron chi connectivity index (χ2n) is 5.85. The molecular formula is C16H23N5O3. The zero-order chi connectivity index (χ0) is 18.0. The van der Waals surface area contributed by atoms with Crippen LogP contribution in [-0.2, 0) is 17.9 Å². The van der Waals surface area contributed by atoms with E-state index >= 15 is 0 Å². The molecule has 1 unspecified atom stereocenters. The molecule has 0 bridgehead atoms. The van der Waals surface area contributed by atoms with Gasteiger partial charge in [-0.2, -0.15) is 10.2 Å². The van der Waals surface area contributed by atoms with E-state index in [2.05, 4.69) is 10.2 Å². The van der Waals surface area contributed by atoms with E-state index in [1.165, 1.54) is 24.0 Å². The van der Waals surface area contributed by atoms with Gasteiger partial charge in [-0.3, -0.25) is 14.2 Å². The van der Waals surface area contributed by atoms with Gasteiger partial charge in [0.2, 0.25) is 0 Å². The summed E-state index contributed by atoms with van der Waals surface area (Å²) in [5.74, 6) is -1.20. The number of amides is 1. The van der Waals surface area contributed by atoms with E-state index in [4.69, 9.17) is 5.11 Å². The first-order valence-electron chi connectivity index (χ1n) is 7.81. The number of hydrogen-bond donors (Lipinski definition) is 1. The summed E-state index contributed by atoms with van der Waals surface area (Å²) in [6, 6.07) is -0.816. The highest BCUT2D eigenvalue weighted by Crippen LogP contribution is 2.17. The van der Waals surface area contributed by atoms with E-state index in [-0.39, 0.29) is 5.91 Å². The molecule has 2 aromatic rings. The Labute approximate surface area is 140 Å². The molecular weight excluding hydrogens is 310 g/mol. The number of carbonyl (C=O) groups excluding carboxylic acids is 1. The molecule has 1 atom stereocenters. The lowest BCUT2D eigenvalue weighted by Gasteiger charge is -2.16. The fourth-order valence-corrected chi connectivity index (χ4v) is 2.57. The zero-order valence-corrected chi connectivity index (χ0v) is 14.6. The number of carbonyl (C=O) groups is 2. The molecule has 8 nitrogen and oxygen atoms in total. The summed E-state index contributed by atoms with van der Waals surface area (Å²) in [5.41, 5.74) is 3.34. The summed E-state index contributed by atoms with van der Waals surface area (Å²) in [5, 5.41) is 17.4. The smallest absolute Gasteiger partial charge is 0.328 e. The molecule has 0 spiro atoms. The third-order valence-electron chi connectivity index (χ3n) is 4.18. The first-order valence-corrected chi connectivity index (χ1v) is 7.81. The maximum Gasteiger partial charge on any atom is 0.328 e. The predicted molar refractivity (Wildman–Crippen MR) is 87.7 cm³/mol. The van der Waals surface area contributed by atoms with Crippen LogP contribution in [0.25, 0.3) is 0 Å². The van der Waals surface area contributed by atoms with Gasteiger partial charge in [0.05, 0.1) is 17.5 Å². The SMILES string of the molecule is CCn1nc(C)c(CN(C)C(=O)c2cnn(C(C)C(=O)O)c2)c1C. The average Bonchev–Trinajstić information content (AvgIpc) is 3.13. The van der Waals surface area contributed by atoms with Gasteiger partial charge in [-0.05, 0) is 27.7 Å². The molecule has 0 aromatic carbocycles. The van der Waals surface area contributed by atoms with Crippen molar-refractivity contribution < 1.29 is 14.7 Å². The van der Waals surface area contributed by atoms with E-state index < -0.39 is 12.0 Å². The molecule has 1 amide bonds. The van der Waals surface area contributed by atoms with E-state index in [1.807, 2.05) is 25.5 Å². The minimum absolute atomic E-state index is 0.207. The number of carboxylic acid groups (broad SMARTS) is 1. The lowest BCUT2D eigenvalue weighted by Crippen LogP contribution is -2.26. The van der Waals surface area contributed by atoms with Gasteiger partial charge in [0.1, 0.15) is 6.04 Å². The van der Waals surface area contributed by atoms with Crippen LogP contribution in [-0.4, -0.2) is 48.5 Å². The maximum atomic E-state index is 12.6. The summed E-state index contributed by atoms with van der Waals surface area (Å²) in [7, 11) is 1.71. The van der Waals surface area contributed by atoms with E-state index in [0.717, 1.165) is 23.5 Å². The number of aryl methyl sites for hydroxylation is 2. The molecule has 0 saturated carbocycles. The Balaban J connectivity index is 2.16. The Hall–Kier alpha value is -2.64. The van der Waals surface area contributed by atoms with Crippen molar-refractivity contribution in [3.63, 3.8) is 0 Å². The van der Waals surface area contributed by atoms with Crippen molar-refractivity contribution >= 4 is 11.9 Å². The normalized spacial score (nSPS) is 12.2. The van der Waals surface area contributed by atoms with Crippen molar-refractivity contribution in [3.8, 4) is 0 Å². The van der Waals surface area contributed by atoms with Crippen LogP contribution in [0.15, 0.2) is 12.4 Å². The fraction of sp³-hybridized carbons (Fsp3) is 0.500.